The Bertz CT molecular complexity index is 284. The van der Waals surface area contributed by atoms with Crippen molar-refractivity contribution in [1.82, 2.24) is 0 Å². The summed E-state index contributed by atoms with van der Waals surface area (Å²) >= 11 is 11.7. The number of hydrogen-bond acceptors (Lipinski definition) is 2. The SMILES string of the molecule is CCOC(CN)c1cc(Cl)cc(Cl)c1. The van der Waals surface area contributed by atoms with Gasteiger partial charge in [-0.2, -0.15) is 0 Å². The summed E-state index contributed by atoms with van der Waals surface area (Å²) < 4.78 is 5.44. The van der Waals surface area contributed by atoms with Gasteiger partial charge in [0, 0.05) is 23.2 Å². The molecule has 1 aromatic rings. The van der Waals surface area contributed by atoms with Crippen LogP contribution in [0, 0.1) is 0 Å². The molecule has 0 aliphatic carbocycles. The van der Waals surface area contributed by atoms with Gasteiger partial charge in [-0.1, -0.05) is 23.2 Å². The van der Waals surface area contributed by atoms with E-state index in [0.717, 1.165) is 5.56 Å². The second-order valence-corrected chi connectivity index (χ2v) is 3.76. The van der Waals surface area contributed by atoms with Crippen molar-refractivity contribution in [2.75, 3.05) is 13.2 Å². The summed E-state index contributed by atoms with van der Waals surface area (Å²) in [5.41, 5.74) is 6.50. The van der Waals surface area contributed by atoms with Gasteiger partial charge in [-0.15, -0.1) is 0 Å². The maximum Gasteiger partial charge on any atom is 0.0947 e. The Labute approximate surface area is 94.0 Å². The summed E-state index contributed by atoms with van der Waals surface area (Å²) in [5.74, 6) is 0. The van der Waals surface area contributed by atoms with Gasteiger partial charge in [0.25, 0.3) is 0 Å². The molecular weight excluding hydrogens is 221 g/mol. The van der Waals surface area contributed by atoms with Crippen molar-refractivity contribution in [3.8, 4) is 0 Å². The first-order valence-electron chi connectivity index (χ1n) is 4.45. The molecule has 0 saturated heterocycles. The molecule has 0 aromatic heterocycles. The molecule has 0 aliphatic heterocycles. The zero-order valence-corrected chi connectivity index (χ0v) is 9.48. The van der Waals surface area contributed by atoms with E-state index < -0.39 is 0 Å². The molecule has 2 nitrogen and oxygen atoms in total. The highest BCUT2D eigenvalue weighted by Crippen LogP contribution is 2.24. The van der Waals surface area contributed by atoms with Crippen LogP contribution in [0.3, 0.4) is 0 Å². The highest BCUT2D eigenvalue weighted by atomic mass is 35.5. The zero-order chi connectivity index (χ0) is 10.6. The normalized spacial score (nSPS) is 12.9. The molecule has 1 aromatic carbocycles. The Balaban J connectivity index is 2.91. The van der Waals surface area contributed by atoms with E-state index in [1.807, 2.05) is 19.1 Å². The fourth-order valence-electron chi connectivity index (χ4n) is 1.26. The molecule has 0 fully saturated rings. The Morgan fingerprint density at radius 1 is 1.29 bits per heavy atom. The minimum absolute atomic E-state index is 0.129. The number of ether oxygens (including phenoxy) is 1. The van der Waals surface area contributed by atoms with Crippen molar-refractivity contribution in [1.29, 1.82) is 0 Å². The van der Waals surface area contributed by atoms with Gasteiger partial charge >= 0.3 is 0 Å². The Morgan fingerprint density at radius 3 is 2.29 bits per heavy atom. The Hall–Kier alpha value is -0.280. The van der Waals surface area contributed by atoms with E-state index >= 15 is 0 Å². The summed E-state index contributed by atoms with van der Waals surface area (Å²) in [6, 6.07) is 5.33. The van der Waals surface area contributed by atoms with Gasteiger partial charge in [-0.05, 0) is 30.7 Å². The van der Waals surface area contributed by atoms with Crippen LogP contribution in [0.15, 0.2) is 18.2 Å². The first-order chi connectivity index (χ1) is 6.67. The Kier molecular flexibility index (Phi) is 4.69. The van der Waals surface area contributed by atoms with E-state index in [-0.39, 0.29) is 6.10 Å². The average molecular weight is 234 g/mol. The van der Waals surface area contributed by atoms with E-state index in [1.54, 1.807) is 6.07 Å². The molecule has 0 amide bonds. The summed E-state index contributed by atoms with van der Waals surface area (Å²) in [6.45, 7) is 2.96. The van der Waals surface area contributed by atoms with Crippen LogP contribution in [-0.2, 0) is 4.74 Å². The maximum absolute atomic E-state index is 5.87. The third kappa shape index (κ3) is 3.14. The van der Waals surface area contributed by atoms with Crippen molar-refractivity contribution < 1.29 is 4.74 Å². The van der Waals surface area contributed by atoms with Crippen LogP contribution in [0.2, 0.25) is 10.0 Å². The second kappa shape index (κ2) is 5.56. The lowest BCUT2D eigenvalue weighted by atomic mass is 10.1. The lowest BCUT2D eigenvalue weighted by Gasteiger charge is -2.15. The van der Waals surface area contributed by atoms with Crippen LogP contribution < -0.4 is 5.73 Å². The second-order valence-electron chi connectivity index (χ2n) is 2.88. The largest absolute Gasteiger partial charge is 0.372 e. The fourth-order valence-corrected chi connectivity index (χ4v) is 1.81. The molecule has 0 aliphatic rings. The molecule has 0 radical (unpaired) electrons. The first kappa shape index (κ1) is 11.8. The first-order valence-corrected chi connectivity index (χ1v) is 5.20. The molecule has 14 heavy (non-hydrogen) atoms. The molecule has 0 spiro atoms. The number of benzene rings is 1. The van der Waals surface area contributed by atoms with Crippen molar-refractivity contribution in [3.05, 3.63) is 33.8 Å². The van der Waals surface area contributed by atoms with E-state index in [2.05, 4.69) is 0 Å². The highest BCUT2D eigenvalue weighted by molar-refractivity contribution is 6.34. The minimum Gasteiger partial charge on any atom is -0.372 e. The predicted molar refractivity (Wildman–Crippen MR) is 59.9 cm³/mol. The van der Waals surface area contributed by atoms with Crippen LogP contribution in [-0.4, -0.2) is 13.2 Å². The number of nitrogens with two attached hydrogens (primary N) is 1. The van der Waals surface area contributed by atoms with E-state index in [0.29, 0.717) is 23.2 Å². The molecule has 4 heteroatoms. The van der Waals surface area contributed by atoms with E-state index in [1.165, 1.54) is 0 Å². The quantitative estimate of drug-likeness (QED) is 0.868. The van der Waals surface area contributed by atoms with Gasteiger partial charge in [0.15, 0.2) is 0 Å². The van der Waals surface area contributed by atoms with Gasteiger partial charge in [-0.25, -0.2) is 0 Å². The van der Waals surface area contributed by atoms with Crippen LogP contribution >= 0.6 is 23.2 Å². The standard InChI is InChI=1S/C10H13Cl2NO/c1-2-14-10(6-13)7-3-8(11)5-9(12)4-7/h3-5,10H,2,6,13H2,1H3. The van der Waals surface area contributed by atoms with Crippen LogP contribution in [0.25, 0.3) is 0 Å². The predicted octanol–water partition coefficient (Wildman–Crippen LogP) is 3.03. The van der Waals surface area contributed by atoms with Gasteiger partial charge in [0.05, 0.1) is 6.10 Å². The minimum atomic E-state index is -0.129. The van der Waals surface area contributed by atoms with Crippen molar-refractivity contribution in [3.63, 3.8) is 0 Å². The maximum atomic E-state index is 5.87. The molecule has 1 rings (SSSR count). The molecule has 2 N–H and O–H groups in total. The highest BCUT2D eigenvalue weighted by Gasteiger charge is 2.10. The monoisotopic (exact) mass is 233 g/mol. The lowest BCUT2D eigenvalue weighted by molar-refractivity contribution is 0.0688. The van der Waals surface area contributed by atoms with Crippen molar-refractivity contribution >= 4 is 23.2 Å². The molecule has 1 unspecified atom stereocenters. The lowest BCUT2D eigenvalue weighted by Crippen LogP contribution is -2.15. The molecular formula is C10H13Cl2NO. The molecule has 0 bridgehead atoms. The fraction of sp³-hybridized carbons (Fsp3) is 0.400. The van der Waals surface area contributed by atoms with Gasteiger partial charge in [0.2, 0.25) is 0 Å². The van der Waals surface area contributed by atoms with Crippen LogP contribution in [0.4, 0.5) is 0 Å². The molecule has 78 valence electrons. The van der Waals surface area contributed by atoms with Crippen LogP contribution in [0.1, 0.15) is 18.6 Å². The molecule has 1 atom stereocenters. The van der Waals surface area contributed by atoms with E-state index in [9.17, 15) is 0 Å². The number of hydrogen-bond donors (Lipinski definition) is 1. The molecule has 0 saturated carbocycles. The summed E-state index contributed by atoms with van der Waals surface area (Å²) in [6.07, 6.45) is -0.129. The van der Waals surface area contributed by atoms with Gasteiger partial charge in [-0.3, -0.25) is 0 Å². The Morgan fingerprint density at radius 2 is 1.86 bits per heavy atom. The average Bonchev–Trinajstić information content (AvgIpc) is 2.12. The van der Waals surface area contributed by atoms with Crippen molar-refractivity contribution in [2.24, 2.45) is 5.73 Å². The topological polar surface area (TPSA) is 35.2 Å². The third-order valence-electron chi connectivity index (χ3n) is 1.84. The van der Waals surface area contributed by atoms with E-state index in [4.69, 9.17) is 33.7 Å². The third-order valence-corrected chi connectivity index (χ3v) is 2.28. The van der Waals surface area contributed by atoms with Crippen LogP contribution in [0.5, 0.6) is 0 Å². The van der Waals surface area contributed by atoms with Crippen molar-refractivity contribution in [2.45, 2.75) is 13.0 Å². The summed E-state index contributed by atoms with van der Waals surface area (Å²) in [5, 5.41) is 1.20. The number of halogens is 2. The van der Waals surface area contributed by atoms with Gasteiger partial charge < -0.3 is 10.5 Å². The van der Waals surface area contributed by atoms with Gasteiger partial charge in [0.1, 0.15) is 0 Å². The summed E-state index contributed by atoms with van der Waals surface area (Å²) in [4.78, 5) is 0. The smallest absolute Gasteiger partial charge is 0.0947 e. The molecule has 0 heterocycles. The number of rotatable bonds is 4. The summed E-state index contributed by atoms with van der Waals surface area (Å²) in [7, 11) is 0. The zero-order valence-electron chi connectivity index (χ0n) is 7.97.